The molecule has 1 atom stereocenters. The predicted octanol–water partition coefficient (Wildman–Crippen LogP) is 3.78. The molecule has 1 saturated heterocycles. The summed E-state index contributed by atoms with van der Waals surface area (Å²) in [6.45, 7) is 2.97. The van der Waals surface area contributed by atoms with E-state index in [1.54, 1.807) is 6.92 Å². The summed E-state index contributed by atoms with van der Waals surface area (Å²) >= 11 is 0. The van der Waals surface area contributed by atoms with E-state index in [0.29, 0.717) is 13.0 Å². The van der Waals surface area contributed by atoms with Crippen molar-refractivity contribution >= 4 is 17.5 Å². The summed E-state index contributed by atoms with van der Waals surface area (Å²) in [5, 5.41) is 2.96. The maximum absolute atomic E-state index is 12.6. The van der Waals surface area contributed by atoms with Gasteiger partial charge in [-0.05, 0) is 73.9 Å². The number of benzene rings is 2. The highest BCUT2D eigenvalue weighted by Crippen LogP contribution is 2.30. The molecule has 0 spiro atoms. The lowest BCUT2D eigenvalue weighted by atomic mass is 9.91. The van der Waals surface area contributed by atoms with E-state index in [9.17, 15) is 9.59 Å². The molecule has 0 bridgehead atoms. The highest BCUT2D eigenvalue weighted by atomic mass is 16.5. The Morgan fingerprint density at radius 2 is 1.93 bits per heavy atom. The van der Waals surface area contributed by atoms with Gasteiger partial charge in [-0.25, -0.2) is 0 Å². The molecule has 1 N–H and O–H groups in total. The first-order valence-corrected chi connectivity index (χ1v) is 10.6. The molecule has 1 fully saturated rings. The van der Waals surface area contributed by atoms with Crippen molar-refractivity contribution in [2.24, 2.45) is 0 Å². The topological polar surface area (TPSA) is 58.6 Å². The number of carbonyl (C=O) groups excluding carboxylic acids is 2. The second-order valence-corrected chi connectivity index (χ2v) is 7.90. The van der Waals surface area contributed by atoms with Gasteiger partial charge in [0, 0.05) is 25.2 Å². The van der Waals surface area contributed by atoms with Gasteiger partial charge in [-0.2, -0.15) is 0 Å². The number of carbonyl (C=O) groups is 2. The van der Waals surface area contributed by atoms with Crippen molar-refractivity contribution in [1.82, 2.24) is 5.32 Å². The molecular weight excluding hydrogens is 364 g/mol. The molecule has 29 heavy (non-hydrogen) atoms. The van der Waals surface area contributed by atoms with Crippen LogP contribution in [0.3, 0.4) is 0 Å². The van der Waals surface area contributed by atoms with E-state index in [1.807, 2.05) is 41.3 Å². The molecule has 152 valence electrons. The van der Waals surface area contributed by atoms with Crippen LogP contribution >= 0.6 is 0 Å². The molecule has 0 saturated carbocycles. The van der Waals surface area contributed by atoms with Crippen molar-refractivity contribution in [1.29, 1.82) is 0 Å². The van der Waals surface area contributed by atoms with Crippen molar-refractivity contribution in [3.63, 3.8) is 0 Å². The maximum atomic E-state index is 12.6. The van der Waals surface area contributed by atoms with Crippen molar-refractivity contribution < 1.29 is 14.3 Å². The van der Waals surface area contributed by atoms with Gasteiger partial charge in [0.2, 0.25) is 5.91 Å². The van der Waals surface area contributed by atoms with E-state index in [1.165, 1.54) is 24.0 Å². The summed E-state index contributed by atoms with van der Waals surface area (Å²) in [6.07, 6.45) is 5.44. The summed E-state index contributed by atoms with van der Waals surface area (Å²) in [4.78, 5) is 26.4. The van der Waals surface area contributed by atoms with E-state index >= 15 is 0 Å². The Hall–Kier alpha value is -2.82. The Bertz CT molecular complexity index is 909. The number of amides is 2. The third kappa shape index (κ3) is 4.44. The Morgan fingerprint density at radius 1 is 1.10 bits per heavy atom. The number of fused-ring (bicyclic) bond motifs is 1. The lowest BCUT2D eigenvalue weighted by Crippen LogP contribution is -2.36. The molecule has 5 nitrogen and oxygen atoms in total. The Labute approximate surface area is 172 Å². The SMILES string of the molecule is CC(Oc1cccc2c1CCCC2)C(=O)NCc1cccc(N2CCCC2=O)c1. The number of hydrogen-bond donors (Lipinski definition) is 1. The monoisotopic (exact) mass is 392 g/mol. The van der Waals surface area contributed by atoms with Crippen LogP contribution in [0.2, 0.25) is 0 Å². The number of nitrogens with zero attached hydrogens (tertiary/aromatic N) is 1. The lowest BCUT2D eigenvalue weighted by molar-refractivity contribution is -0.127. The summed E-state index contributed by atoms with van der Waals surface area (Å²) in [5.41, 5.74) is 4.47. The number of hydrogen-bond acceptors (Lipinski definition) is 3. The Balaban J connectivity index is 1.36. The van der Waals surface area contributed by atoms with Crippen molar-refractivity contribution in [3.8, 4) is 5.75 Å². The van der Waals surface area contributed by atoms with Crippen molar-refractivity contribution in [2.45, 2.75) is 58.1 Å². The molecule has 4 rings (SSSR count). The molecular formula is C24H28N2O3. The fraction of sp³-hybridized carbons (Fsp3) is 0.417. The van der Waals surface area contributed by atoms with Crippen LogP contribution in [0, 0.1) is 0 Å². The third-order valence-corrected chi connectivity index (χ3v) is 5.79. The quantitative estimate of drug-likeness (QED) is 0.814. The first-order valence-electron chi connectivity index (χ1n) is 10.6. The van der Waals surface area contributed by atoms with Crippen LogP contribution in [-0.4, -0.2) is 24.5 Å². The Kier molecular flexibility index (Phi) is 5.84. The molecule has 2 amide bonds. The summed E-state index contributed by atoms with van der Waals surface area (Å²) in [6, 6.07) is 13.9. The van der Waals surface area contributed by atoms with E-state index in [-0.39, 0.29) is 11.8 Å². The van der Waals surface area contributed by atoms with E-state index in [2.05, 4.69) is 11.4 Å². The molecule has 0 radical (unpaired) electrons. The van der Waals surface area contributed by atoms with E-state index in [0.717, 1.165) is 42.8 Å². The average Bonchev–Trinajstić information content (AvgIpc) is 3.18. The van der Waals surface area contributed by atoms with Gasteiger partial charge in [0.15, 0.2) is 6.10 Å². The molecule has 2 aromatic rings. The Morgan fingerprint density at radius 3 is 2.76 bits per heavy atom. The highest BCUT2D eigenvalue weighted by molar-refractivity contribution is 5.95. The zero-order chi connectivity index (χ0) is 20.2. The molecule has 1 aliphatic heterocycles. The fourth-order valence-corrected chi connectivity index (χ4v) is 4.19. The zero-order valence-electron chi connectivity index (χ0n) is 16.9. The largest absolute Gasteiger partial charge is 0.481 e. The van der Waals surface area contributed by atoms with Gasteiger partial charge in [-0.15, -0.1) is 0 Å². The van der Waals surface area contributed by atoms with Gasteiger partial charge >= 0.3 is 0 Å². The minimum absolute atomic E-state index is 0.138. The first kappa shape index (κ1) is 19.5. The van der Waals surface area contributed by atoms with Gasteiger partial charge < -0.3 is 15.0 Å². The molecule has 1 heterocycles. The fourth-order valence-electron chi connectivity index (χ4n) is 4.19. The first-order chi connectivity index (χ1) is 14.1. The predicted molar refractivity (Wildman–Crippen MR) is 113 cm³/mol. The number of nitrogens with one attached hydrogen (secondary N) is 1. The van der Waals surface area contributed by atoms with Crippen LogP contribution < -0.4 is 15.0 Å². The zero-order valence-corrected chi connectivity index (χ0v) is 16.9. The average molecular weight is 392 g/mol. The van der Waals surface area contributed by atoms with Crippen molar-refractivity contribution in [2.75, 3.05) is 11.4 Å². The van der Waals surface area contributed by atoms with Crippen LogP contribution in [0.15, 0.2) is 42.5 Å². The molecule has 2 aliphatic rings. The third-order valence-electron chi connectivity index (χ3n) is 5.79. The smallest absolute Gasteiger partial charge is 0.261 e. The normalized spacial score (nSPS) is 17.0. The van der Waals surface area contributed by atoms with Gasteiger partial charge in [-0.3, -0.25) is 9.59 Å². The summed E-state index contributed by atoms with van der Waals surface area (Å²) in [7, 11) is 0. The van der Waals surface area contributed by atoms with Gasteiger partial charge in [0.1, 0.15) is 5.75 Å². The molecule has 5 heteroatoms. The molecule has 2 aromatic carbocycles. The lowest BCUT2D eigenvalue weighted by Gasteiger charge is -2.22. The molecule has 1 unspecified atom stereocenters. The van der Waals surface area contributed by atoms with Gasteiger partial charge in [-0.1, -0.05) is 24.3 Å². The summed E-state index contributed by atoms with van der Waals surface area (Å²) in [5.74, 6) is 0.861. The van der Waals surface area contributed by atoms with Crippen LogP contribution in [-0.2, 0) is 29.0 Å². The van der Waals surface area contributed by atoms with Crippen LogP contribution in [0.5, 0.6) is 5.75 Å². The highest BCUT2D eigenvalue weighted by Gasteiger charge is 2.22. The van der Waals surface area contributed by atoms with Gasteiger partial charge in [0.05, 0.1) is 0 Å². The van der Waals surface area contributed by atoms with Crippen LogP contribution in [0.1, 0.15) is 49.3 Å². The standard InChI is InChI=1S/C24H28N2O3/c1-17(29-22-12-5-9-19-8-2-3-11-21(19)22)24(28)25-16-18-7-4-10-20(15-18)26-14-6-13-23(26)27/h4-5,7,9-10,12,15,17H,2-3,6,8,11,13-14,16H2,1H3,(H,25,28). The van der Waals surface area contributed by atoms with E-state index in [4.69, 9.17) is 4.74 Å². The number of aryl methyl sites for hydroxylation is 1. The maximum Gasteiger partial charge on any atom is 0.261 e. The van der Waals surface area contributed by atoms with E-state index < -0.39 is 6.10 Å². The number of rotatable bonds is 6. The van der Waals surface area contributed by atoms with Gasteiger partial charge in [0.25, 0.3) is 5.91 Å². The molecule has 0 aromatic heterocycles. The van der Waals surface area contributed by atoms with Crippen LogP contribution in [0.4, 0.5) is 5.69 Å². The second-order valence-electron chi connectivity index (χ2n) is 7.90. The van der Waals surface area contributed by atoms with Crippen LogP contribution in [0.25, 0.3) is 0 Å². The second kappa shape index (κ2) is 8.68. The molecule has 1 aliphatic carbocycles. The number of anilines is 1. The minimum Gasteiger partial charge on any atom is -0.481 e. The summed E-state index contributed by atoms with van der Waals surface area (Å²) < 4.78 is 6.02. The number of ether oxygens (including phenoxy) is 1. The van der Waals surface area contributed by atoms with Crippen molar-refractivity contribution in [3.05, 3.63) is 59.2 Å². The minimum atomic E-state index is -0.563.